The summed E-state index contributed by atoms with van der Waals surface area (Å²) in [5, 5.41) is 6.59. The zero-order chi connectivity index (χ0) is 11.1. The number of hydrogen-bond donors (Lipinski definition) is 2. The Labute approximate surface area is 95.5 Å². The smallest absolute Gasteiger partial charge is 0.228 e. The minimum Gasteiger partial charge on any atom is -0.362 e. The maximum absolute atomic E-state index is 5.09. The van der Waals surface area contributed by atoms with Gasteiger partial charge in [-0.1, -0.05) is 13.8 Å². The van der Waals surface area contributed by atoms with Gasteiger partial charge in [0.05, 0.1) is 0 Å². The summed E-state index contributed by atoms with van der Waals surface area (Å²) in [5.74, 6) is 1.20. The summed E-state index contributed by atoms with van der Waals surface area (Å²) < 4.78 is 0. The Hall–Kier alpha value is -1.23. The van der Waals surface area contributed by atoms with Crippen molar-refractivity contribution in [2.24, 2.45) is 5.92 Å². The molecule has 0 radical (unpaired) electrons. The lowest BCUT2D eigenvalue weighted by Crippen LogP contribution is -2.30. The van der Waals surface area contributed by atoms with Crippen LogP contribution in [0, 0.1) is 5.92 Å². The molecule has 1 aromatic heterocycles. The van der Waals surface area contributed by atoms with Crippen LogP contribution in [0.2, 0.25) is 0 Å². The molecule has 0 fully saturated rings. The first-order valence-corrected chi connectivity index (χ1v) is 5.41. The van der Waals surface area contributed by atoms with Crippen molar-refractivity contribution in [3.63, 3.8) is 0 Å². The fourth-order valence-electron chi connectivity index (χ4n) is 0.984. The van der Waals surface area contributed by atoms with Gasteiger partial charge in [-0.25, -0.2) is 9.97 Å². The van der Waals surface area contributed by atoms with E-state index in [-0.39, 0.29) is 0 Å². The molecule has 5 heteroatoms. The molecule has 0 atom stereocenters. The van der Waals surface area contributed by atoms with Crippen molar-refractivity contribution in [3.05, 3.63) is 18.5 Å². The second-order valence-electron chi connectivity index (χ2n) is 3.64. The Balaban J connectivity index is 2.25. The lowest BCUT2D eigenvalue weighted by Gasteiger charge is -2.09. The van der Waals surface area contributed by atoms with Crippen LogP contribution in [0.25, 0.3) is 0 Å². The lowest BCUT2D eigenvalue weighted by atomic mass is 10.1. The molecule has 0 aliphatic rings. The normalized spacial score (nSPS) is 10.1. The number of aromatic nitrogens is 2. The van der Waals surface area contributed by atoms with Crippen molar-refractivity contribution in [1.29, 1.82) is 0 Å². The molecule has 1 aromatic rings. The number of hydrogen-bond acceptors (Lipinski definition) is 3. The number of rotatable bonds is 4. The summed E-state index contributed by atoms with van der Waals surface area (Å²) >= 11 is 5.09. The Morgan fingerprint density at radius 3 is 2.67 bits per heavy atom. The van der Waals surface area contributed by atoms with Gasteiger partial charge in [0.25, 0.3) is 0 Å². The predicted molar refractivity (Wildman–Crippen MR) is 65.7 cm³/mol. The number of anilines is 1. The molecule has 0 aliphatic heterocycles. The summed E-state index contributed by atoms with van der Waals surface area (Å²) in [5.41, 5.74) is 0. The van der Waals surface area contributed by atoms with Gasteiger partial charge in [-0.05, 0) is 30.6 Å². The summed E-state index contributed by atoms with van der Waals surface area (Å²) in [4.78, 5) is 8.02. The summed E-state index contributed by atoms with van der Waals surface area (Å²) in [6.07, 6.45) is 4.44. The molecule has 0 aromatic carbocycles. The fourth-order valence-corrected chi connectivity index (χ4v) is 1.18. The van der Waals surface area contributed by atoms with Crippen molar-refractivity contribution in [1.82, 2.24) is 15.3 Å². The molecule has 0 bridgehead atoms. The van der Waals surface area contributed by atoms with Gasteiger partial charge in [0, 0.05) is 18.9 Å². The predicted octanol–water partition coefficient (Wildman–Crippen LogP) is 1.81. The monoisotopic (exact) mass is 224 g/mol. The highest BCUT2D eigenvalue weighted by Gasteiger charge is 1.99. The van der Waals surface area contributed by atoms with Gasteiger partial charge in [-0.3, -0.25) is 0 Å². The van der Waals surface area contributed by atoms with E-state index in [1.54, 1.807) is 18.5 Å². The van der Waals surface area contributed by atoms with E-state index >= 15 is 0 Å². The van der Waals surface area contributed by atoms with Crippen molar-refractivity contribution in [2.75, 3.05) is 11.9 Å². The molecule has 82 valence electrons. The Morgan fingerprint density at radius 2 is 2.07 bits per heavy atom. The third-order valence-electron chi connectivity index (χ3n) is 1.80. The van der Waals surface area contributed by atoms with Crippen LogP contribution in [-0.2, 0) is 0 Å². The number of nitrogens with one attached hydrogen (secondary N) is 2. The van der Waals surface area contributed by atoms with Crippen LogP contribution >= 0.6 is 12.2 Å². The van der Waals surface area contributed by atoms with E-state index in [4.69, 9.17) is 12.2 Å². The van der Waals surface area contributed by atoms with Crippen LogP contribution in [0.1, 0.15) is 20.3 Å². The van der Waals surface area contributed by atoms with E-state index in [1.165, 1.54) is 0 Å². The Bertz CT molecular complexity index is 300. The molecule has 0 spiro atoms. The topological polar surface area (TPSA) is 49.8 Å². The molecule has 1 rings (SSSR count). The summed E-state index contributed by atoms with van der Waals surface area (Å²) in [6.45, 7) is 5.23. The molecule has 4 nitrogen and oxygen atoms in total. The van der Waals surface area contributed by atoms with Crippen LogP contribution in [0.3, 0.4) is 0 Å². The van der Waals surface area contributed by atoms with E-state index in [0.717, 1.165) is 13.0 Å². The minimum atomic E-state index is 0.527. The van der Waals surface area contributed by atoms with Crippen molar-refractivity contribution >= 4 is 23.3 Å². The van der Waals surface area contributed by atoms with Crippen molar-refractivity contribution in [2.45, 2.75) is 20.3 Å². The van der Waals surface area contributed by atoms with E-state index in [9.17, 15) is 0 Å². The molecule has 15 heavy (non-hydrogen) atoms. The molecular formula is C10H16N4S. The van der Waals surface area contributed by atoms with Crippen LogP contribution < -0.4 is 10.6 Å². The SMILES string of the molecule is CC(C)CCNC(=S)Nc1ncccn1. The molecule has 0 unspecified atom stereocenters. The van der Waals surface area contributed by atoms with Crippen LogP contribution in [0.15, 0.2) is 18.5 Å². The quantitative estimate of drug-likeness (QED) is 0.764. The Morgan fingerprint density at radius 1 is 1.40 bits per heavy atom. The van der Waals surface area contributed by atoms with Gasteiger partial charge in [0.15, 0.2) is 5.11 Å². The number of nitrogens with zero attached hydrogens (tertiary/aromatic N) is 2. The second kappa shape index (κ2) is 6.29. The molecule has 0 amide bonds. The van der Waals surface area contributed by atoms with Gasteiger partial charge in [0.1, 0.15) is 0 Å². The first-order chi connectivity index (χ1) is 7.18. The van der Waals surface area contributed by atoms with E-state index in [2.05, 4.69) is 34.4 Å². The molecule has 1 heterocycles. The van der Waals surface area contributed by atoms with Crippen LogP contribution in [-0.4, -0.2) is 21.6 Å². The largest absolute Gasteiger partial charge is 0.362 e. The standard InChI is InChI=1S/C10H16N4S/c1-8(2)4-7-13-10(15)14-9-11-5-3-6-12-9/h3,5-6,8H,4,7H2,1-2H3,(H2,11,12,13,14,15). The maximum atomic E-state index is 5.09. The van der Waals surface area contributed by atoms with Crippen LogP contribution in [0.5, 0.6) is 0 Å². The zero-order valence-electron chi connectivity index (χ0n) is 9.03. The molecular weight excluding hydrogens is 208 g/mol. The van der Waals surface area contributed by atoms with E-state index in [0.29, 0.717) is 17.0 Å². The van der Waals surface area contributed by atoms with Gasteiger partial charge < -0.3 is 10.6 Å². The van der Waals surface area contributed by atoms with Gasteiger partial charge >= 0.3 is 0 Å². The van der Waals surface area contributed by atoms with Gasteiger partial charge in [-0.15, -0.1) is 0 Å². The van der Waals surface area contributed by atoms with Gasteiger partial charge in [0.2, 0.25) is 5.95 Å². The third-order valence-corrected chi connectivity index (χ3v) is 2.04. The second-order valence-corrected chi connectivity index (χ2v) is 4.04. The maximum Gasteiger partial charge on any atom is 0.228 e. The molecule has 0 saturated carbocycles. The molecule has 0 aliphatic carbocycles. The Kier molecular flexibility index (Phi) is 4.97. The van der Waals surface area contributed by atoms with E-state index < -0.39 is 0 Å². The van der Waals surface area contributed by atoms with Crippen LogP contribution in [0.4, 0.5) is 5.95 Å². The summed E-state index contributed by atoms with van der Waals surface area (Å²) in [6, 6.07) is 1.76. The first kappa shape index (κ1) is 11.8. The molecule has 2 N–H and O–H groups in total. The average Bonchev–Trinajstić information content (AvgIpc) is 2.18. The van der Waals surface area contributed by atoms with Crippen molar-refractivity contribution < 1.29 is 0 Å². The first-order valence-electron chi connectivity index (χ1n) is 5.00. The number of thiocarbonyl (C=S) groups is 1. The highest BCUT2D eigenvalue weighted by molar-refractivity contribution is 7.80. The lowest BCUT2D eigenvalue weighted by molar-refractivity contribution is 0.579. The van der Waals surface area contributed by atoms with Crippen molar-refractivity contribution in [3.8, 4) is 0 Å². The fraction of sp³-hybridized carbons (Fsp3) is 0.500. The zero-order valence-corrected chi connectivity index (χ0v) is 9.84. The minimum absolute atomic E-state index is 0.527. The third kappa shape index (κ3) is 5.27. The van der Waals surface area contributed by atoms with Gasteiger partial charge in [-0.2, -0.15) is 0 Å². The van der Waals surface area contributed by atoms with E-state index in [1.807, 2.05) is 0 Å². The highest BCUT2D eigenvalue weighted by atomic mass is 32.1. The average molecular weight is 224 g/mol. The highest BCUT2D eigenvalue weighted by Crippen LogP contribution is 1.97. The molecule has 0 saturated heterocycles. The summed E-state index contributed by atoms with van der Waals surface area (Å²) in [7, 11) is 0.